The quantitative estimate of drug-likeness (QED) is 0.894. The van der Waals surface area contributed by atoms with Crippen LogP contribution in [0.25, 0.3) is 11.4 Å². The summed E-state index contributed by atoms with van der Waals surface area (Å²) < 4.78 is 1.85. The van der Waals surface area contributed by atoms with Crippen molar-refractivity contribution in [1.82, 2.24) is 25.1 Å². The lowest BCUT2D eigenvalue weighted by Crippen LogP contribution is -2.27. The first kappa shape index (κ1) is 12.3. The van der Waals surface area contributed by atoms with Gasteiger partial charge in [-0.05, 0) is 38.4 Å². The average molecular weight is 257 g/mol. The van der Waals surface area contributed by atoms with Crippen molar-refractivity contribution >= 4 is 0 Å². The van der Waals surface area contributed by atoms with Crippen LogP contribution in [0.4, 0.5) is 0 Å². The topological polar surface area (TPSA) is 55.6 Å². The highest BCUT2D eigenvalue weighted by Gasteiger charge is 2.18. The number of piperidine rings is 1. The molecule has 1 fully saturated rings. The number of aryl methyl sites for hydroxylation is 2. The van der Waals surface area contributed by atoms with Gasteiger partial charge in [-0.3, -0.25) is 4.68 Å². The van der Waals surface area contributed by atoms with E-state index in [1.807, 2.05) is 24.7 Å². The van der Waals surface area contributed by atoms with E-state index < -0.39 is 0 Å². The molecule has 1 saturated heterocycles. The van der Waals surface area contributed by atoms with E-state index in [1.165, 1.54) is 12.8 Å². The van der Waals surface area contributed by atoms with Gasteiger partial charge in [0, 0.05) is 19.3 Å². The van der Waals surface area contributed by atoms with Crippen LogP contribution in [-0.4, -0.2) is 26.3 Å². The second-order valence-corrected chi connectivity index (χ2v) is 5.07. The van der Waals surface area contributed by atoms with Gasteiger partial charge in [0.05, 0.1) is 17.1 Å². The van der Waals surface area contributed by atoms with Gasteiger partial charge in [-0.25, -0.2) is 9.97 Å². The molecular weight excluding hydrogens is 238 g/mol. The molecule has 1 unspecified atom stereocenters. The zero-order valence-electron chi connectivity index (χ0n) is 11.4. The van der Waals surface area contributed by atoms with E-state index in [1.54, 1.807) is 6.20 Å². The summed E-state index contributed by atoms with van der Waals surface area (Å²) in [4.78, 5) is 9.13. The number of hydrogen-bond acceptors (Lipinski definition) is 4. The van der Waals surface area contributed by atoms with Crippen molar-refractivity contribution in [3.8, 4) is 11.4 Å². The minimum atomic E-state index is 0.363. The predicted octanol–water partition coefficient (Wildman–Crippen LogP) is 2.00. The Morgan fingerprint density at radius 3 is 2.89 bits per heavy atom. The third kappa shape index (κ3) is 2.51. The van der Waals surface area contributed by atoms with Crippen molar-refractivity contribution in [2.24, 2.45) is 7.05 Å². The van der Waals surface area contributed by atoms with Crippen molar-refractivity contribution < 1.29 is 0 Å². The lowest BCUT2D eigenvalue weighted by molar-refractivity contribution is 0.404. The molecule has 3 heterocycles. The summed E-state index contributed by atoms with van der Waals surface area (Å²) in [5.74, 6) is 0.820. The summed E-state index contributed by atoms with van der Waals surface area (Å²) in [6.45, 7) is 3.03. The molecule has 3 rings (SSSR count). The van der Waals surface area contributed by atoms with E-state index in [4.69, 9.17) is 0 Å². The molecule has 1 N–H and O–H groups in total. The maximum absolute atomic E-state index is 4.59. The van der Waals surface area contributed by atoms with Crippen LogP contribution in [0, 0.1) is 6.92 Å². The molecule has 1 atom stereocenters. The first-order valence-corrected chi connectivity index (χ1v) is 6.81. The molecule has 1 aliphatic rings. The highest BCUT2D eigenvalue weighted by atomic mass is 15.3. The van der Waals surface area contributed by atoms with Gasteiger partial charge >= 0.3 is 0 Å². The van der Waals surface area contributed by atoms with Gasteiger partial charge in [-0.2, -0.15) is 5.10 Å². The lowest BCUT2D eigenvalue weighted by atomic mass is 10.0. The van der Waals surface area contributed by atoms with E-state index in [9.17, 15) is 0 Å². The molecule has 100 valence electrons. The molecule has 0 aromatic carbocycles. The molecule has 0 spiro atoms. The summed E-state index contributed by atoms with van der Waals surface area (Å²) in [6, 6.07) is 4.44. The van der Waals surface area contributed by atoms with Gasteiger partial charge in [-0.1, -0.05) is 6.42 Å². The Morgan fingerprint density at radius 1 is 1.32 bits per heavy atom. The second-order valence-electron chi connectivity index (χ2n) is 5.07. The number of rotatable bonds is 2. The monoisotopic (exact) mass is 257 g/mol. The van der Waals surface area contributed by atoms with Gasteiger partial charge in [0.25, 0.3) is 0 Å². The molecule has 0 amide bonds. The van der Waals surface area contributed by atoms with E-state index in [-0.39, 0.29) is 0 Å². The lowest BCUT2D eigenvalue weighted by Gasteiger charge is -2.23. The van der Waals surface area contributed by atoms with E-state index >= 15 is 0 Å². The molecule has 5 heteroatoms. The smallest absolute Gasteiger partial charge is 0.126 e. The summed E-state index contributed by atoms with van der Waals surface area (Å²) in [7, 11) is 1.94. The van der Waals surface area contributed by atoms with Crippen molar-refractivity contribution in [2.75, 3.05) is 6.54 Å². The molecular formula is C14H19N5. The van der Waals surface area contributed by atoms with Gasteiger partial charge in [0.15, 0.2) is 0 Å². The number of aromatic nitrogens is 4. The molecule has 2 aromatic heterocycles. The molecule has 0 saturated carbocycles. The minimum Gasteiger partial charge on any atom is -0.309 e. The molecule has 1 aliphatic heterocycles. The summed E-state index contributed by atoms with van der Waals surface area (Å²) in [6.07, 6.45) is 5.48. The van der Waals surface area contributed by atoms with Crippen LogP contribution >= 0.6 is 0 Å². The molecule has 0 aliphatic carbocycles. The van der Waals surface area contributed by atoms with Crippen LogP contribution < -0.4 is 5.32 Å². The number of hydrogen-bond donors (Lipinski definition) is 1. The Bertz CT molecular complexity index is 569. The van der Waals surface area contributed by atoms with Crippen molar-refractivity contribution in [3.63, 3.8) is 0 Å². The number of nitrogens with zero attached hydrogens (tertiary/aromatic N) is 4. The van der Waals surface area contributed by atoms with E-state index in [0.29, 0.717) is 6.04 Å². The molecule has 5 nitrogen and oxygen atoms in total. The van der Waals surface area contributed by atoms with Gasteiger partial charge < -0.3 is 5.32 Å². The summed E-state index contributed by atoms with van der Waals surface area (Å²) in [5, 5.41) is 7.74. The van der Waals surface area contributed by atoms with Crippen molar-refractivity contribution in [1.29, 1.82) is 0 Å². The van der Waals surface area contributed by atoms with E-state index in [0.717, 1.165) is 35.9 Å². The van der Waals surface area contributed by atoms with Crippen LogP contribution in [0.2, 0.25) is 0 Å². The third-order valence-corrected chi connectivity index (χ3v) is 3.61. The van der Waals surface area contributed by atoms with Crippen LogP contribution in [0.5, 0.6) is 0 Å². The predicted molar refractivity (Wildman–Crippen MR) is 73.6 cm³/mol. The third-order valence-electron chi connectivity index (χ3n) is 3.61. The molecule has 0 bridgehead atoms. The summed E-state index contributed by atoms with van der Waals surface area (Å²) >= 11 is 0. The SMILES string of the molecule is Cc1nc(-c2ccnn2C)cc(C2CCCCN2)n1. The van der Waals surface area contributed by atoms with Crippen LogP contribution in [-0.2, 0) is 7.05 Å². The van der Waals surface area contributed by atoms with Gasteiger partial charge in [0.2, 0.25) is 0 Å². The highest BCUT2D eigenvalue weighted by Crippen LogP contribution is 2.24. The van der Waals surface area contributed by atoms with Gasteiger partial charge in [-0.15, -0.1) is 0 Å². The van der Waals surface area contributed by atoms with Crippen molar-refractivity contribution in [3.05, 3.63) is 29.8 Å². The zero-order valence-corrected chi connectivity index (χ0v) is 11.4. The normalized spacial score (nSPS) is 19.6. The minimum absolute atomic E-state index is 0.363. The first-order valence-electron chi connectivity index (χ1n) is 6.81. The Hall–Kier alpha value is -1.75. The Kier molecular flexibility index (Phi) is 3.29. The second kappa shape index (κ2) is 5.09. The van der Waals surface area contributed by atoms with Crippen LogP contribution in [0.3, 0.4) is 0 Å². The number of nitrogens with one attached hydrogen (secondary N) is 1. The summed E-state index contributed by atoms with van der Waals surface area (Å²) in [5.41, 5.74) is 3.08. The molecule has 19 heavy (non-hydrogen) atoms. The van der Waals surface area contributed by atoms with Crippen molar-refractivity contribution in [2.45, 2.75) is 32.2 Å². The molecule has 2 aromatic rings. The van der Waals surface area contributed by atoms with Crippen LogP contribution in [0.15, 0.2) is 18.3 Å². The average Bonchev–Trinajstić information content (AvgIpc) is 2.85. The Morgan fingerprint density at radius 2 is 2.21 bits per heavy atom. The zero-order chi connectivity index (χ0) is 13.2. The fourth-order valence-corrected chi connectivity index (χ4v) is 2.63. The fraction of sp³-hybridized carbons (Fsp3) is 0.500. The first-order chi connectivity index (χ1) is 9.24. The highest BCUT2D eigenvalue weighted by molar-refractivity contribution is 5.54. The van der Waals surface area contributed by atoms with E-state index in [2.05, 4.69) is 26.4 Å². The Labute approximate surface area is 113 Å². The maximum Gasteiger partial charge on any atom is 0.126 e. The van der Waals surface area contributed by atoms with Gasteiger partial charge in [0.1, 0.15) is 5.82 Å². The van der Waals surface area contributed by atoms with Crippen LogP contribution in [0.1, 0.15) is 36.8 Å². The molecule has 0 radical (unpaired) electrons. The largest absolute Gasteiger partial charge is 0.309 e. The maximum atomic E-state index is 4.59. The fourth-order valence-electron chi connectivity index (χ4n) is 2.63. The Balaban J connectivity index is 1.98. The standard InChI is InChI=1S/C14H19N5/c1-10-17-12(11-5-3-4-7-15-11)9-13(18-10)14-6-8-16-19(14)2/h6,8-9,11,15H,3-5,7H2,1-2H3.